The molecular formula is C21H17BrN2O2S. The molecule has 27 heavy (non-hydrogen) atoms. The fourth-order valence-electron chi connectivity index (χ4n) is 3.23. The molecule has 4 rings (SSSR count). The maximum atomic E-state index is 12.9. The molecule has 0 radical (unpaired) electrons. The zero-order valence-electron chi connectivity index (χ0n) is 14.4. The van der Waals surface area contributed by atoms with Gasteiger partial charge in [0, 0.05) is 28.0 Å². The number of anilines is 2. The lowest BCUT2D eigenvalue weighted by Gasteiger charge is -2.29. The topological polar surface area (TPSA) is 49.4 Å². The van der Waals surface area contributed by atoms with E-state index in [4.69, 9.17) is 0 Å². The van der Waals surface area contributed by atoms with Crippen molar-refractivity contribution in [3.05, 3.63) is 80.5 Å². The molecule has 3 aromatic rings. The van der Waals surface area contributed by atoms with Crippen LogP contribution >= 0.6 is 27.3 Å². The van der Waals surface area contributed by atoms with Crippen molar-refractivity contribution in [2.24, 2.45) is 0 Å². The van der Waals surface area contributed by atoms with Gasteiger partial charge in [0.25, 0.3) is 11.8 Å². The van der Waals surface area contributed by atoms with E-state index < -0.39 is 0 Å². The highest BCUT2D eigenvalue weighted by atomic mass is 79.9. The molecular weight excluding hydrogens is 424 g/mol. The van der Waals surface area contributed by atoms with E-state index in [-0.39, 0.29) is 11.8 Å². The number of carbonyl (C=O) groups is 2. The fourth-order valence-corrected chi connectivity index (χ4v) is 4.30. The molecule has 0 bridgehead atoms. The summed E-state index contributed by atoms with van der Waals surface area (Å²) in [7, 11) is 0. The van der Waals surface area contributed by atoms with Crippen LogP contribution in [0.5, 0.6) is 0 Å². The zero-order valence-corrected chi connectivity index (χ0v) is 16.8. The summed E-state index contributed by atoms with van der Waals surface area (Å²) in [4.78, 5) is 27.9. The van der Waals surface area contributed by atoms with Crippen LogP contribution < -0.4 is 10.2 Å². The molecule has 0 unspecified atom stereocenters. The lowest BCUT2D eigenvalue weighted by Crippen LogP contribution is -2.35. The predicted octanol–water partition coefficient (Wildman–Crippen LogP) is 5.36. The third kappa shape index (κ3) is 3.82. The van der Waals surface area contributed by atoms with Gasteiger partial charge in [0.15, 0.2) is 0 Å². The first-order chi connectivity index (χ1) is 13.1. The summed E-state index contributed by atoms with van der Waals surface area (Å²) in [5, 5.41) is 4.84. The Morgan fingerprint density at radius 1 is 1.07 bits per heavy atom. The minimum atomic E-state index is -0.178. The Labute approximate surface area is 170 Å². The summed E-state index contributed by atoms with van der Waals surface area (Å²) < 4.78 is 0.855. The number of halogens is 1. The number of benzene rings is 2. The van der Waals surface area contributed by atoms with Crippen molar-refractivity contribution >= 4 is 50.5 Å². The average Bonchev–Trinajstić information content (AvgIpc) is 3.22. The standard InChI is InChI=1S/C21H17BrN2O2S/c22-16-6-1-4-15(12-16)20(25)23-17-9-8-14-5-2-10-24(18(14)13-17)21(26)19-7-3-11-27-19/h1,3-4,6-9,11-13H,2,5,10H2,(H,23,25). The van der Waals surface area contributed by atoms with E-state index in [1.807, 2.05) is 52.7 Å². The summed E-state index contributed by atoms with van der Waals surface area (Å²) in [6.45, 7) is 0.687. The van der Waals surface area contributed by atoms with Gasteiger partial charge in [0.2, 0.25) is 0 Å². The highest BCUT2D eigenvalue weighted by Gasteiger charge is 2.24. The molecule has 136 valence electrons. The van der Waals surface area contributed by atoms with E-state index >= 15 is 0 Å². The molecule has 1 aromatic heterocycles. The number of hydrogen-bond donors (Lipinski definition) is 1. The minimum absolute atomic E-state index is 0.0152. The van der Waals surface area contributed by atoms with Gasteiger partial charge in [0.1, 0.15) is 0 Å². The maximum Gasteiger partial charge on any atom is 0.268 e. The van der Waals surface area contributed by atoms with Gasteiger partial charge in [0.05, 0.1) is 4.88 Å². The number of fused-ring (bicyclic) bond motifs is 1. The zero-order chi connectivity index (χ0) is 18.8. The summed E-state index contributed by atoms with van der Waals surface area (Å²) in [6.07, 6.45) is 1.87. The molecule has 0 saturated heterocycles. The first-order valence-electron chi connectivity index (χ1n) is 8.67. The smallest absolute Gasteiger partial charge is 0.268 e. The third-order valence-corrected chi connectivity index (χ3v) is 5.88. The SMILES string of the molecule is O=C(Nc1ccc2c(c1)N(C(=O)c1cccs1)CCC2)c1cccc(Br)c1. The largest absolute Gasteiger partial charge is 0.322 e. The molecule has 1 N–H and O–H groups in total. The van der Waals surface area contributed by atoms with E-state index in [2.05, 4.69) is 21.2 Å². The van der Waals surface area contributed by atoms with Crippen LogP contribution in [-0.2, 0) is 6.42 Å². The van der Waals surface area contributed by atoms with E-state index in [0.29, 0.717) is 17.8 Å². The number of amides is 2. The van der Waals surface area contributed by atoms with Crippen molar-refractivity contribution in [2.45, 2.75) is 12.8 Å². The van der Waals surface area contributed by atoms with Gasteiger partial charge < -0.3 is 10.2 Å². The van der Waals surface area contributed by atoms with Crippen LogP contribution in [-0.4, -0.2) is 18.4 Å². The molecule has 2 aromatic carbocycles. The first-order valence-corrected chi connectivity index (χ1v) is 10.3. The van der Waals surface area contributed by atoms with Crippen LogP contribution in [0.15, 0.2) is 64.5 Å². The Hall–Kier alpha value is -2.44. The quantitative estimate of drug-likeness (QED) is 0.595. The lowest BCUT2D eigenvalue weighted by molar-refractivity contribution is 0.0987. The Morgan fingerprint density at radius 2 is 1.96 bits per heavy atom. The number of carbonyl (C=O) groups excluding carboxylic acids is 2. The first kappa shape index (κ1) is 17.9. The lowest BCUT2D eigenvalue weighted by atomic mass is 10.0. The van der Waals surface area contributed by atoms with Crippen molar-refractivity contribution < 1.29 is 9.59 Å². The van der Waals surface area contributed by atoms with Crippen LogP contribution in [0.25, 0.3) is 0 Å². The van der Waals surface area contributed by atoms with Crippen LogP contribution in [0.1, 0.15) is 32.0 Å². The molecule has 1 aliphatic heterocycles. The number of nitrogens with zero attached hydrogens (tertiary/aromatic N) is 1. The second kappa shape index (κ2) is 7.66. The van der Waals surface area contributed by atoms with Crippen molar-refractivity contribution in [1.29, 1.82) is 0 Å². The van der Waals surface area contributed by atoms with Crippen molar-refractivity contribution in [3.63, 3.8) is 0 Å². The van der Waals surface area contributed by atoms with Crippen molar-refractivity contribution in [1.82, 2.24) is 0 Å². The number of rotatable bonds is 3. The van der Waals surface area contributed by atoms with Gasteiger partial charge in [-0.1, -0.05) is 34.1 Å². The Morgan fingerprint density at radius 3 is 2.74 bits per heavy atom. The van der Waals surface area contributed by atoms with Crippen LogP contribution in [0.3, 0.4) is 0 Å². The van der Waals surface area contributed by atoms with Crippen LogP contribution in [0, 0.1) is 0 Å². The highest BCUT2D eigenvalue weighted by Crippen LogP contribution is 2.32. The Bertz CT molecular complexity index is 1000. The molecule has 0 aliphatic carbocycles. The fraction of sp³-hybridized carbons (Fsp3) is 0.143. The molecule has 6 heteroatoms. The molecule has 0 fully saturated rings. The molecule has 1 aliphatic rings. The minimum Gasteiger partial charge on any atom is -0.322 e. The van der Waals surface area contributed by atoms with Crippen LogP contribution in [0.2, 0.25) is 0 Å². The van der Waals surface area contributed by atoms with E-state index in [1.165, 1.54) is 11.3 Å². The second-order valence-corrected chi connectivity index (χ2v) is 8.21. The molecule has 0 saturated carbocycles. The van der Waals surface area contributed by atoms with E-state index in [9.17, 15) is 9.59 Å². The summed E-state index contributed by atoms with van der Waals surface area (Å²) in [6, 6.07) is 16.8. The average molecular weight is 441 g/mol. The maximum absolute atomic E-state index is 12.9. The number of thiophene rings is 1. The number of nitrogens with one attached hydrogen (secondary N) is 1. The molecule has 0 spiro atoms. The molecule has 2 amide bonds. The summed E-state index contributed by atoms with van der Waals surface area (Å²) in [5.74, 6) is -0.162. The van der Waals surface area contributed by atoms with Gasteiger partial charge >= 0.3 is 0 Å². The predicted molar refractivity (Wildman–Crippen MR) is 113 cm³/mol. The van der Waals surface area contributed by atoms with Crippen molar-refractivity contribution in [3.8, 4) is 0 Å². The molecule has 0 atom stereocenters. The van der Waals surface area contributed by atoms with Crippen molar-refractivity contribution in [2.75, 3.05) is 16.8 Å². The molecule has 2 heterocycles. The highest BCUT2D eigenvalue weighted by molar-refractivity contribution is 9.10. The van der Waals surface area contributed by atoms with Gasteiger partial charge in [-0.05, 0) is 60.2 Å². The van der Waals surface area contributed by atoms with E-state index in [1.54, 1.807) is 12.1 Å². The normalized spacial score (nSPS) is 13.1. The summed E-state index contributed by atoms with van der Waals surface area (Å²) >= 11 is 4.83. The van der Waals surface area contributed by atoms with Gasteiger partial charge in [-0.25, -0.2) is 0 Å². The number of hydrogen-bond acceptors (Lipinski definition) is 3. The van der Waals surface area contributed by atoms with Gasteiger partial charge in [-0.15, -0.1) is 11.3 Å². The molecule has 4 nitrogen and oxygen atoms in total. The second-order valence-electron chi connectivity index (χ2n) is 6.35. The Balaban J connectivity index is 1.61. The summed E-state index contributed by atoms with van der Waals surface area (Å²) in [5.41, 5.74) is 3.27. The van der Waals surface area contributed by atoms with Gasteiger partial charge in [-0.2, -0.15) is 0 Å². The van der Waals surface area contributed by atoms with Crippen LogP contribution in [0.4, 0.5) is 11.4 Å². The third-order valence-electron chi connectivity index (χ3n) is 4.53. The number of aryl methyl sites for hydroxylation is 1. The Kier molecular flexibility index (Phi) is 5.09. The monoisotopic (exact) mass is 440 g/mol. The van der Waals surface area contributed by atoms with Gasteiger partial charge in [-0.3, -0.25) is 9.59 Å². The van der Waals surface area contributed by atoms with E-state index in [0.717, 1.165) is 33.4 Å².